The van der Waals surface area contributed by atoms with Crippen LogP contribution in [0.5, 0.6) is 0 Å². The zero-order chi connectivity index (χ0) is 13.1. The zero-order valence-corrected chi connectivity index (χ0v) is 9.73. The summed E-state index contributed by atoms with van der Waals surface area (Å²) in [7, 11) is 0. The summed E-state index contributed by atoms with van der Waals surface area (Å²) in [6.07, 6.45) is 0. The van der Waals surface area contributed by atoms with Crippen LogP contribution in [0.25, 0.3) is 10.9 Å². The van der Waals surface area contributed by atoms with E-state index < -0.39 is 5.97 Å². The van der Waals surface area contributed by atoms with E-state index in [9.17, 15) is 14.4 Å². The molecule has 0 radical (unpaired) electrons. The number of para-hydroxylation sites is 1. The monoisotopic (exact) mass is 245 g/mol. The van der Waals surface area contributed by atoms with Gasteiger partial charge in [-0.15, -0.1) is 0 Å². The minimum absolute atomic E-state index is 0.0416. The van der Waals surface area contributed by atoms with Crippen molar-refractivity contribution in [2.45, 2.75) is 6.92 Å². The lowest BCUT2D eigenvalue weighted by molar-refractivity contribution is -0.120. The summed E-state index contributed by atoms with van der Waals surface area (Å²) in [4.78, 5) is 36.9. The molecule has 0 fully saturated rings. The Bertz CT molecular complexity index is 672. The van der Waals surface area contributed by atoms with Crippen molar-refractivity contribution in [3.63, 3.8) is 0 Å². The molecule has 1 aromatic carbocycles. The number of ether oxygens (including phenoxy) is 1. The van der Waals surface area contributed by atoms with Gasteiger partial charge in [-0.05, 0) is 19.1 Å². The quantitative estimate of drug-likeness (QED) is 0.826. The first-order valence-electron chi connectivity index (χ1n) is 5.36. The van der Waals surface area contributed by atoms with Gasteiger partial charge in [0.25, 0.3) is 0 Å². The highest BCUT2D eigenvalue weighted by Gasteiger charge is 2.11. The number of aromatic amines is 1. The lowest BCUT2D eigenvalue weighted by Crippen LogP contribution is -2.15. The van der Waals surface area contributed by atoms with Crippen molar-refractivity contribution in [1.82, 2.24) is 4.98 Å². The molecule has 0 aliphatic heterocycles. The molecule has 0 saturated heterocycles. The second kappa shape index (κ2) is 4.83. The van der Waals surface area contributed by atoms with E-state index in [1.807, 2.05) is 0 Å². The summed E-state index contributed by atoms with van der Waals surface area (Å²) >= 11 is 0. The molecule has 0 aliphatic rings. The number of benzene rings is 1. The number of H-pyrrole nitrogens is 1. The van der Waals surface area contributed by atoms with Gasteiger partial charge in [-0.2, -0.15) is 0 Å². The standard InChI is InChI=1S/C13H11NO4/c1-8(15)7-18-13(17)11-6-12(16)9-4-2-3-5-10(9)14-11/h2-6H,7H2,1H3,(H,14,16). The van der Waals surface area contributed by atoms with E-state index in [1.165, 1.54) is 13.0 Å². The van der Waals surface area contributed by atoms with E-state index in [0.717, 1.165) is 0 Å². The first-order valence-corrected chi connectivity index (χ1v) is 5.36. The minimum Gasteiger partial charge on any atom is -0.453 e. The average Bonchev–Trinajstić information content (AvgIpc) is 2.36. The Kier molecular flexibility index (Phi) is 3.23. The van der Waals surface area contributed by atoms with Crippen molar-refractivity contribution in [2.75, 3.05) is 6.61 Å². The molecule has 0 bridgehead atoms. The molecule has 0 saturated carbocycles. The molecular formula is C13H11NO4. The number of aromatic nitrogens is 1. The van der Waals surface area contributed by atoms with Crippen LogP contribution in [0, 0.1) is 0 Å². The van der Waals surface area contributed by atoms with Crippen LogP contribution in [-0.4, -0.2) is 23.3 Å². The number of hydrogen-bond acceptors (Lipinski definition) is 4. The number of rotatable bonds is 3. The van der Waals surface area contributed by atoms with Crippen LogP contribution in [0.2, 0.25) is 0 Å². The second-order valence-electron chi connectivity index (χ2n) is 3.87. The van der Waals surface area contributed by atoms with E-state index >= 15 is 0 Å². The maximum Gasteiger partial charge on any atom is 0.355 e. The fourth-order valence-electron chi connectivity index (χ4n) is 1.55. The molecule has 0 unspecified atom stereocenters. The number of esters is 1. The summed E-state index contributed by atoms with van der Waals surface area (Å²) < 4.78 is 4.73. The highest BCUT2D eigenvalue weighted by Crippen LogP contribution is 2.07. The van der Waals surface area contributed by atoms with Crippen molar-refractivity contribution in [1.29, 1.82) is 0 Å². The van der Waals surface area contributed by atoms with Crippen molar-refractivity contribution >= 4 is 22.7 Å². The van der Waals surface area contributed by atoms with E-state index in [2.05, 4.69) is 4.98 Å². The topological polar surface area (TPSA) is 76.2 Å². The zero-order valence-electron chi connectivity index (χ0n) is 9.73. The van der Waals surface area contributed by atoms with Crippen LogP contribution in [0.4, 0.5) is 0 Å². The van der Waals surface area contributed by atoms with E-state index in [-0.39, 0.29) is 23.5 Å². The molecule has 2 rings (SSSR count). The number of fused-ring (bicyclic) bond motifs is 1. The molecule has 0 amide bonds. The number of pyridine rings is 1. The van der Waals surface area contributed by atoms with Crippen molar-refractivity contribution in [2.24, 2.45) is 0 Å². The van der Waals surface area contributed by atoms with Crippen molar-refractivity contribution in [3.8, 4) is 0 Å². The number of carbonyl (C=O) groups excluding carboxylic acids is 2. The predicted octanol–water partition coefficient (Wildman–Crippen LogP) is 1.27. The molecule has 1 N–H and O–H groups in total. The first kappa shape index (κ1) is 12.0. The Morgan fingerprint density at radius 3 is 2.72 bits per heavy atom. The third kappa shape index (κ3) is 2.45. The van der Waals surface area contributed by atoms with Crippen LogP contribution in [0.3, 0.4) is 0 Å². The fraction of sp³-hybridized carbons (Fsp3) is 0.154. The Hall–Kier alpha value is -2.43. The Morgan fingerprint density at radius 1 is 1.28 bits per heavy atom. The summed E-state index contributed by atoms with van der Waals surface area (Å²) in [6, 6.07) is 8.02. The Morgan fingerprint density at radius 2 is 2.00 bits per heavy atom. The molecular weight excluding hydrogens is 234 g/mol. The molecule has 1 heterocycles. The molecule has 0 aliphatic carbocycles. The molecule has 5 nitrogen and oxygen atoms in total. The normalized spacial score (nSPS) is 10.3. The van der Waals surface area contributed by atoms with Crippen LogP contribution in [0.1, 0.15) is 17.4 Å². The largest absolute Gasteiger partial charge is 0.453 e. The average molecular weight is 245 g/mol. The van der Waals surface area contributed by atoms with E-state index in [4.69, 9.17) is 4.74 Å². The lowest BCUT2D eigenvalue weighted by Gasteiger charge is -2.04. The van der Waals surface area contributed by atoms with Gasteiger partial charge in [0.15, 0.2) is 11.2 Å². The SMILES string of the molecule is CC(=O)COC(=O)c1cc(=O)c2ccccc2[nH]1. The van der Waals surface area contributed by atoms with Crippen molar-refractivity contribution < 1.29 is 14.3 Å². The fourth-order valence-corrected chi connectivity index (χ4v) is 1.55. The number of nitrogens with one attached hydrogen (secondary N) is 1. The maximum absolute atomic E-state index is 11.7. The van der Waals surface area contributed by atoms with Crippen LogP contribution in [0.15, 0.2) is 35.1 Å². The molecule has 0 atom stereocenters. The molecule has 5 heteroatoms. The van der Waals surface area contributed by atoms with Gasteiger partial charge in [-0.3, -0.25) is 9.59 Å². The predicted molar refractivity (Wildman–Crippen MR) is 65.5 cm³/mol. The van der Waals surface area contributed by atoms with Crippen molar-refractivity contribution in [3.05, 3.63) is 46.2 Å². The number of hydrogen-bond donors (Lipinski definition) is 1. The first-order chi connectivity index (χ1) is 8.58. The lowest BCUT2D eigenvalue weighted by atomic mass is 10.2. The van der Waals surface area contributed by atoms with Gasteiger partial charge >= 0.3 is 5.97 Å². The summed E-state index contributed by atoms with van der Waals surface area (Å²) in [5.41, 5.74) is 0.332. The summed E-state index contributed by atoms with van der Waals surface area (Å²) in [6.45, 7) is 1.02. The summed E-state index contributed by atoms with van der Waals surface area (Å²) in [5.74, 6) is -0.973. The number of ketones is 1. The van der Waals surface area contributed by atoms with Gasteiger partial charge in [0.05, 0.1) is 0 Å². The molecule has 92 valence electrons. The van der Waals surface area contributed by atoms with E-state index in [0.29, 0.717) is 10.9 Å². The van der Waals surface area contributed by atoms with Gasteiger partial charge in [0.1, 0.15) is 12.3 Å². The third-order valence-corrected chi connectivity index (χ3v) is 2.36. The minimum atomic E-state index is -0.715. The highest BCUT2D eigenvalue weighted by atomic mass is 16.5. The second-order valence-corrected chi connectivity index (χ2v) is 3.87. The van der Waals surface area contributed by atoms with Crippen LogP contribution in [-0.2, 0) is 9.53 Å². The van der Waals surface area contributed by atoms with Crippen LogP contribution >= 0.6 is 0 Å². The summed E-state index contributed by atoms with van der Waals surface area (Å²) in [5, 5.41) is 0.501. The van der Waals surface area contributed by atoms with Gasteiger partial charge in [-0.25, -0.2) is 4.79 Å². The number of Topliss-reactive ketones (excluding diaryl/α,β-unsaturated/α-hetero) is 1. The smallest absolute Gasteiger partial charge is 0.355 e. The Labute approximate surface area is 102 Å². The molecule has 0 spiro atoms. The molecule has 2 aromatic rings. The maximum atomic E-state index is 11.7. The Balaban J connectivity index is 2.37. The van der Waals surface area contributed by atoms with Crippen LogP contribution < -0.4 is 5.43 Å². The van der Waals surface area contributed by atoms with Gasteiger partial charge in [0, 0.05) is 17.0 Å². The highest BCUT2D eigenvalue weighted by molar-refractivity contribution is 5.92. The van der Waals surface area contributed by atoms with Gasteiger partial charge in [0.2, 0.25) is 0 Å². The van der Waals surface area contributed by atoms with E-state index in [1.54, 1.807) is 24.3 Å². The van der Waals surface area contributed by atoms with Gasteiger partial charge in [-0.1, -0.05) is 12.1 Å². The molecule has 1 aromatic heterocycles. The number of carbonyl (C=O) groups is 2. The third-order valence-electron chi connectivity index (χ3n) is 2.36. The molecule has 18 heavy (non-hydrogen) atoms. The van der Waals surface area contributed by atoms with Gasteiger partial charge < -0.3 is 9.72 Å².